The van der Waals surface area contributed by atoms with Crippen LogP contribution in [0.1, 0.15) is 157 Å². The summed E-state index contributed by atoms with van der Waals surface area (Å²) in [6.45, 7) is 13.7. The van der Waals surface area contributed by atoms with Crippen LogP contribution < -0.4 is 16.0 Å². The van der Waals surface area contributed by atoms with E-state index in [4.69, 9.17) is 23.8 Å². The molecule has 1 rings (SSSR count). The number of nitrogens with one attached hydrogen (secondary N) is 3. The van der Waals surface area contributed by atoms with E-state index < -0.39 is 46.9 Å². The number of ether oxygens (including phenoxy) is 4. The Labute approximate surface area is 344 Å². The summed E-state index contributed by atoms with van der Waals surface area (Å²) in [5.74, 6) is -4.18. The van der Waals surface area contributed by atoms with Crippen molar-refractivity contribution in [2.24, 2.45) is 0 Å². The number of rotatable bonds is 31. The zero-order valence-electron chi connectivity index (χ0n) is 35.8. The van der Waals surface area contributed by atoms with Gasteiger partial charge < -0.3 is 39.7 Å². The Balaban J connectivity index is 2.05. The topological polar surface area (TPSA) is 222 Å². The number of esters is 2. The van der Waals surface area contributed by atoms with Gasteiger partial charge in [-0.25, -0.2) is 4.79 Å². The van der Waals surface area contributed by atoms with Crippen LogP contribution in [0.3, 0.4) is 0 Å². The largest absolute Gasteiger partial charge is 0.460 e. The number of nitrogens with zero attached hydrogens (tertiary/aromatic N) is 1. The van der Waals surface area contributed by atoms with E-state index in [1.165, 1.54) is 0 Å². The molecule has 3 N–H and O–H groups in total. The molecule has 1 aliphatic rings. The number of hydrogen-bond acceptors (Lipinski definition) is 13. The first-order valence-corrected chi connectivity index (χ1v) is 20.9. The molecule has 58 heavy (non-hydrogen) atoms. The number of carbonyl (C=O) groups excluding carboxylic acids is 8. The van der Waals surface area contributed by atoms with Crippen LogP contribution in [0.25, 0.3) is 0 Å². The number of hydrogen-bond donors (Lipinski definition) is 3. The summed E-state index contributed by atoms with van der Waals surface area (Å²) >= 11 is 0. The van der Waals surface area contributed by atoms with Crippen molar-refractivity contribution in [3.05, 3.63) is 0 Å². The first kappa shape index (κ1) is 51.9. The number of amides is 5. The maximum absolute atomic E-state index is 12.8. The molecule has 1 aliphatic heterocycles. The normalized spacial score (nSPS) is 13.5. The lowest BCUT2D eigenvalue weighted by molar-refractivity contribution is -0.199. The van der Waals surface area contributed by atoms with Gasteiger partial charge in [0.15, 0.2) is 0 Å². The minimum Gasteiger partial charge on any atom is -0.460 e. The zero-order valence-corrected chi connectivity index (χ0v) is 35.8. The summed E-state index contributed by atoms with van der Waals surface area (Å²) in [6, 6.07) is -1.36. The van der Waals surface area contributed by atoms with E-state index in [0.717, 1.165) is 57.8 Å². The lowest BCUT2D eigenvalue weighted by Gasteiger charge is -2.22. The van der Waals surface area contributed by atoms with Gasteiger partial charge in [0.1, 0.15) is 17.2 Å². The van der Waals surface area contributed by atoms with E-state index in [1.807, 2.05) is 20.8 Å². The SMILES string of the molecule is CC(C)(C)OC(=O)CCCCCCCCC(=O)NCCCOCCCCOCCCNC(=O)CCC(=O)N[C@@H](CCC(=O)OC(C)(C)C)C(=O)ON1C(=O)CCC1=O. The molecule has 0 saturated carbocycles. The first-order valence-electron chi connectivity index (χ1n) is 20.9. The minimum absolute atomic E-state index is 0.0583. The van der Waals surface area contributed by atoms with Crippen molar-refractivity contribution in [2.45, 2.75) is 174 Å². The van der Waals surface area contributed by atoms with Gasteiger partial charge in [-0.2, -0.15) is 0 Å². The highest BCUT2D eigenvalue weighted by Gasteiger charge is 2.35. The second kappa shape index (κ2) is 29.1. The fraction of sp³-hybridized carbons (Fsp3) is 0.805. The van der Waals surface area contributed by atoms with Crippen LogP contribution >= 0.6 is 0 Å². The minimum atomic E-state index is -1.36. The fourth-order valence-electron chi connectivity index (χ4n) is 5.46. The Hall–Kier alpha value is -4.12. The van der Waals surface area contributed by atoms with Gasteiger partial charge in [0.05, 0.1) is 0 Å². The highest BCUT2D eigenvalue weighted by Crippen LogP contribution is 2.16. The Kier molecular flexibility index (Phi) is 26.1. The molecule has 0 unspecified atom stereocenters. The molecule has 1 atom stereocenters. The van der Waals surface area contributed by atoms with Gasteiger partial charge in [-0.15, -0.1) is 5.06 Å². The van der Waals surface area contributed by atoms with Gasteiger partial charge in [-0.1, -0.05) is 25.7 Å². The maximum atomic E-state index is 12.8. The van der Waals surface area contributed by atoms with Crippen molar-refractivity contribution in [3.63, 3.8) is 0 Å². The van der Waals surface area contributed by atoms with Gasteiger partial charge >= 0.3 is 17.9 Å². The van der Waals surface area contributed by atoms with E-state index in [2.05, 4.69) is 16.0 Å². The smallest absolute Gasteiger partial charge is 0.355 e. The predicted molar refractivity (Wildman–Crippen MR) is 212 cm³/mol. The van der Waals surface area contributed by atoms with Crippen molar-refractivity contribution in [3.8, 4) is 0 Å². The Morgan fingerprint density at radius 2 is 0.983 bits per heavy atom. The van der Waals surface area contributed by atoms with Crippen LogP contribution in [0.5, 0.6) is 0 Å². The van der Waals surface area contributed by atoms with Crippen LogP contribution in [-0.4, -0.2) is 109 Å². The van der Waals surface area contributed by atoms with Crippen molar-refractivity contribution in [1.82, 2.24) is 21.0 Å². The molecule has 17 nitrogen and oxygen atoms in total. The van der Waals surface area contributed by atoms with Crippen molar-refractivity contribution in [1.29, 1.82) is 0 Å². The van der Waals surface area contributed by atoms with Gasteiger partial charge in [-0.05, 0) is 86.5 Å². The summed E-state index contributed by atoms with van der Waals surface area (Å²) < 4.78 is 21.8. The van der Waals surface area contributed by atoms with Crippen LogP contribution in [0.2, 0.25) is 0 Å². The molecule has 0 aromatic carbocycles. The number of imide groups is 1. The lowest BCUT2D eigenvalue weighted by atomic mass is 10.1. The van der Waals surface area contributed by atoms with Crippen LogP contribution in [0, 0.1) is 0 Å². The molecule has 1 heterocycles. The van der Waals surface area contributed by atoms with E-state index >= 15 is 0 Å². The highest BCUT2D eigenvalue weighted by atomic mass is 16.7. The van der Waals surface area contributed by atoms with Crippen LogP contribution in [-0.2, 0) is 62.1 Å². The molecule has 0 bridgehead atoms. The zero-order chi connectivity index (χ0) is 43.4. The van der Waals surface area contributed by atoms with Crippen molar-refractivity contribution in [2.75, 3.05) is 39.5 Å². The third kappa shape index (κ3) is 28.3. The van der Waals surface area contributed by atoms with E-state index in [0.29, 0.717) is 63.8 Å². The van der Waals surface area contributed by atoms with Crippen LogP contribution in [0.15, 0.2) is 0 Å². The molecule has 5 amide bonds. The van der Waals surface area contributed by atoms with Crippen LogP contribution in [0.4, 0.5) is 0 Å². The fourth-order valence-corrected chi connectivity index (χ4v) is 5.46. The molecule has 332 valence electrons. The monoisotopic (exact) mass is 826 g/mol. The Morgan fingerprint density at radius 3 is 1.50 bits per heavy atom. The predicted octanol–water partition coefficient (Wildman–Crippen LogP) is 4.27. The summed E-state index contributed by atoms with van der Waals surface area (Å²) in [5.41, 5.74) is -1.20. The number of unbranched alkanes of at least 4 members (excludes halogenated alkanes) is 6. The molecule has 0 aliphatic carbocycles. The number of hydroxylamine groups is 2. The molecule has 17 heteroatoms. The molecular weight excluding hydrogens is 756 g/mol. The molecular formula is C41H70N4O13. The summed E-state index contributed by atoms with van der Waals surface area (Å²) in [7, 11) is 0. The second-order valence-electron chi connectivity index (χ2n) is 16.3. The van der Waals surface area contributed by atoms with E-state index in [-0.39, 0.29) is 56.3 Å². The maximum Gasteiger partial charge on any atom is 0.355 e. The van der Waals surface area contributed by atoms with Crippen molar-refractivity contribution >= 4 is 47.4 Å². The third-order valence-corrected chi connectivity index (χ3v) is 8.30. The second-order valence-corrected chi connectivity index (χ2v) is 16.3. The summed E-state index contributed by atoms with van der Waals surface area (Å²) in [5, 5.41) is 8.44. The lowest BCUT2D eigenvalue weighted by Crippen LogP contribution is -2.46. The van der Waals surface area contributed by atoms with Gasteiger partial charge in [-0.3, -0.25) is 33.6 Å². The molecule has 0 radical (unpaired) electrons. The Morgan fingerprint density at radius 1 is 0.552 bits per heavy atom. The highest BCUT2D eigenvalue weighted by molar-refractivity contribution is 6.02. The molecule has 0 aromatic heterocycles. The van der Waals surface area contributed by atoms with Crippen molar-refractivity contribution < 1.29 is 62.1 Å². The third-order valence-electron chi connectivity index (χ3n) is 8.30. The van der Waals surface area contributed by atoms with Gasteiger partial charge in [0.2, 0.25) is 17.7 Å². The Bertz CT molecular complexity index is 1290. The quantitative estimate of drug-likeness (QED) is 0.0506. The molecule has 0 aromatic rings. The standard InChI is InChI=1S/C41H70N4O13/c1-40(2,3)56-37(51)18-12-10-8-7-9-11-17-32(46)42-25-15-29-54-27-13-14-28-55-30-16-26-43-33(47)20-21-34(48)44-31(19-24-38(52)57-41(4,5)6)39(53)58-45-35(49)22-23-36(45)50/h31H,7-30H2,1-6H3,(H,42,46)(H,43,47)(H,44,48)/t31-/m0/s1. The van der Waals surface area contributed by atoms with Gasteiger partial charge in [0.25, 0.3) is 11.8 Å². The average molecular weight is 827 g/mol. The molecule has 0 spiro atoms. The average Bonchev–Trinajstić information content (AvgIpc) is 3.44. The number of carbonyl (C=O) groups is 8. The molecule has 1 fully saturated rings. The summed E-state index contributed by atoms with van der Waals surface area (Å²) in [6.07, 6.45) is 8.64. The van der Waals surface area contributed by atoms with E-state index in [9.17, 15) is 38.4 Å². The van der Waals surface area contributed by atoms with E-state index in [1.54, 1.807) is 20.8 Å². The molecule has 1 saturated heterocycles. The summed E-state index contributed by atoms with van der Waals surface area (Å²) in [4.78, 5) is 102. The first-order chi connectivity index (χ1) is 27.4. The van der Waals surface area contributed by atoms with Gasteiger partial charge in [0, 0.05) is 84.5 Å².